The van der Waals surface area contributed by atoms with Crippen LogP contribution in [0.15, 0.2) is 54.0 Å². The van der Waals surface area contributed by atoms with E-state index in [0.29, 0.717) is 6.54 Å². The van der Waals surface area contributed by atoms with Crippen molar-refractivity contribution in [2.75, 3.05) is 7.11 Å². The van der Waals surface area contributed by atoms with E-state index < -0.39 is 0 Å². The number of carbonyl (C=O) groups is 1. The smallest absolute Gasteiger partial charge is 0.237 e. The van der Waals surface area contributed by atoms with Gasteiger partial charge in [0.2, 0.25) is 17.8 Å². The number of ketones is 1. The van der Waals surface area contributed by atoms with E-state index in [0.717, 1.165) is 21.5 Å². The number of nitrogens with zero attached hydrogens (tertiary/aromatic N) is 1. The summed E-state index contributed by atoms with van der Waals surface area (Å²) in [5.74, 6) is 0.952. The Labute approximate surface area is 144 Å². The molecule has 0 unspecified atom stereocenters. The van der Waals surface area contributed by atoms with E-state index in [9.17, 15) is 4.79 Å². The third kappa shape index (κ3) is 3.41. The first-order valence-electron chi connectivity index (χ1n) is 6.31. The number of Topliss-reactive ketones (excluding diaryl/α,β-unsaturated/α-hetero) is 1. The summed E-state index contributed by atoms with van der Waals surface area (Å²) in [6.45, 7) is 0.351. The number of halogens is 1. The Bertz CT molecular complexity index is 756. The third-order valence-corrected chi connectivity index (χ3v) is 4.11. The van der Waals surface area contributed by atoms with Crippen molar-refractivity contribution < 1.29 is 38.1 Å². The van der Waals surface area contributed by atoms with Crippen LogP contribution >= 0.6 is 11.3 Å². The SMILES string of the molecule is COc1ccc2c(ccc[n+]2CC(=O)c2cccs2)c1.[I-]. The van der Waals surface area contributed by atoms with Crippen molar-refractivity contribution in [2.45, 2.75) is 6.54 Å². The second-order valence-electron chi connectivity index (χ2n) is 4.46. The molecule has 3 rings (SSSR count). The van der Waals surface area contributed by atoms with Crippen molar-refractivity contribution >= 4 is 28.0 Å². The van der Waals surface area contributed by atoms with Crippen molar-refractivity contribution in [1.82, 2.24) is 0 Å². The fourth-order valence-corrected chi connectivity index (χ4v) is 2.85. The van der Waals surface area contributed by atoms with Gasteiger partial charge in [0, 0.05) is 12.1 Å². The van der Waals surface area contributed by atoms with Crippen LogP contribution in [0.1, 0.15) is 9.67 Å². The lowest BCUT2D eigenvalue weighted by Gasteiger charge is -2.03. The molecule has 0 spiro atoms. The average Bonchev–Trinajstić information content (AvgIpc) is 3.01. The highest BCUT2D eigenvalue weighted by molar-refractivity contribution is 7.12. The molecule has 3 nitrogen and oxygen atoms in total. The molecule has 108 valence electrons. The summed E-state index contributed by atoms with van der Waals surface area (Å²) in [6, 6.07) is 13.6. The van der Waals surface area contributed by atoms with Gasteiger partial charge in [-0.25, -0.2) is 0 Å². The van der Waals surface area contributed by atoms with Crippen molar-refractivity contribution in [3.63, 3.8) is 0 Å². The van der Waals surface area contributed by atoms with E-state index in [2.05, 4.69) is 0 Å². The molecular weight excluding hydrogens is 397 g/mol. The molecule has 1 aromatic carbocycles. The number of hydrogen-bond donors (Lipinski definition) is 0. The number of thiophene rings is 1. The normalized spacial score (nSPS) is 10.1. The van der Waals surface area contributed by atoms with E-state index in [4.69, 9.17) is 4.74 Å². The molecule has 21 heavy (non-hydrogen) atoms. The highest BCUT2D eigenvalue weighted by Crippen LogP contribution is 2.18. The molecule has 0 atom stereocenters. The number of carbonyl (C=O) groups excluding carboxylic acids is 1. The summed E-state index contributed by atoms with van der Waals surface area (Å²) >= 11 is 1.48. The molecule has 0 saturated carbocycles. The molecule has 0 N–H and O–H groups in total. The van der Waals surface area contributed by atoms with Gasteiger partial charge >= 0.3 is 0 Å². The molecule has 0 fully saturated rings. The standard InChI is InChI=1S/C16H14NO2S.HI/c1-19-13-6-7-14-12(10-13)4-2-8-17(14)11-15(18)16-5-3-9-20-16;/h2-10H,11H2,1H3;1H/q+1;/p-1. The summed E-state index contributed by atoms with van der Waals surface area (Å²) in [5.41, 5.74) is 1.03. The first-order chi connectivity index (χ1) is 9.78. The molecule has 2 heterocycles. The summed E-state index contributed by atoms with van der Waals surface area (Å²) in [4.78, 5) is 13.0. The van der Waals surface area contributed by atoms with E-state index in [1.165, 1.54) is 11.3 Å². The minimum Gasteiger partial charge on any atom is -1.00 e. The van der Waals surface area contributed by atoms with Gasteiger partial charge in [-0.15, -0.1) is 11.3 Å². The molecule has 0 aliphatic rings. The molecule has 5 heteroatoms. The van der Waals surface area contributed by atoms with Gasteiger partial charge in [0.1, 0.15) is 5.75 Å². The summed E-state index contributed by atoms with van der Waals surface area (Å²) in [6.07, 6.45) is 1.93. The molecule has 0 aliphatic heterocycles. The zero-order chi connectivity index (χ0) is 13.9. The van der Waals surface area contributed by atoms with Crippen molar-refractivity contribution in [2.24, 2.45) is 0 Å². The Morgan fingerprint density at radius 1 is 1.24 bits per heavy atom. The highest BCUT2D eigenvalue weighted by Gasteiger charge is 2.16. The Balaban J connectivity index is 0.00000161. The van der Waals surface area contributed by atoms with Gasteiger partial charge in [-0.3, -0.25) is 4.79 Å². The summed E-state index contributed by atoms with van der Waals surface area (Å²) in [7, 11) is 1.65. The average molecular weight is 411 g/mol. The molecule has 2 aromatic heterocycles. The quantitative estimate of drug-likeness (QED) is 0.346. The number of pyridine rings is 1. The van der Waals surface area contributed by atoms with Gasteiger partial charge in [-0.05, 0) is 29.6 Å². The van der Waals surface area contributed by atoms with Crippen LogP contribution in [0.25, 0.3) is 10.9 Å². The zero-order valence-corrected chi connectivity index (χ0v) is 14.4. The van der Waals surface area contributed by atoms with Gasteiger partial charge in [0.25, 0.3) is 0 Å². The minimum absolute atomic E-state index is 0. The molecule has 0 amide bonds. The lowest BCUT2D eigenvalue weighted by atomic mass is 10.2. The minimum atomic E-state index is 0. The van der Waals surface area contributed by atoms with Crippen LogP contribution in [0.5, 0.6) is 5.75 Å². The van der Waals surface area contributed by atoms with Gasteiger partial charge in [0.15, 0.2) is 6.20 Å². The fraction of sp³-hybridized carbons (Fsp3) is 0.125. The van der Waals surface area contributed by atoms with E-state index in [-0.39, 0.29) is 29.8 Å². The maximum Gasteiger partial charge on any atom is 0.237 e. The van der Waals surface area contributed by atoms with Gasteiger partial charge in [-0.1, -0.05) is 6.07 Å². The van der Waals surface area contributed by atoms with Gasteiger partial charge in [-0.2, -0.15) is 4.57 Å². The molecule has 0 saturated heterocycles. The van der Waals surface area contributed by atoms with Gasteiger partial charge < -0.3 is 28.7 Å². The van der Waals surface area contributed by atoms with E-state index >= 15 is 0 Å². The molecule has 0 bridgehead atoms. The number of benzene rings is 1. The molecule has 0 aliphatic carbocycles. The van der Waals surface area contributed by atoms with Gasteiger partial charge in [0.05, 0.1) is 17.4 Å². The van der Waals surface area contributed by atoms with Crippen LogP contribution in [-0.4, -0.2) is 12.9 Å². The number of ether oxygens (including phenoxy) is 1. The number of fused-ring (bicyclic) bond motifs is 1. The van der Waals surface area contributed by atoms with Crippen LogP contribution in [0.2, 0.25) is 0 Å². The monoisotopic (exact) mass is 411 g/mol. The Hall–Kier alpha value is -1.47. The molecular formula is C16H14INO2S. The number of methoxy groups -OCH3 is 1. The summed E-state index contributed by atoms with van der Waals surface area (Å²) < 4.78 is 7.20. The lowest BCUT2D eigenvalue weighted by Crippen LogP contribution is -3.00. The predicted molar refractivity (Wildman–Crippen MR) is 79.3 cm³/mol. The first-order valence-corrected chi connectivity index (χ1v) is 7.19. The Kier molecular flexibility index (Phi) is 5.30. The number of aromatic nitrogens is 1. The first kappa shape index (κ1) is 15.9. The largest absolute Gasteiger partial charge is 1.00 e. The molecule has 0 radical (unpaired) electrons. The lowest BCUT2D eigenvalue weighted by molar-refractivity contribution is -0.657. The maximum atomic E-state index is 12.2. The van der Waals surface area contributed by atoms with Crippen LogP contribution in [0.3, 0.4) is 0 Å². The second-order valence-corrected chi connectivity index (χ2v) is 5.41. The number of hydrogen-bond acceptors (Lipinski definition) is 3. The van der Waals surface area contributed by atoms with Crippen molar-refractivity contribution in [3.8, 4) is 5.75 Å². The Morgan fingerprint density at radius 2 is 2.10 bits per heavy atom. The summed E-state index contributed by atoms with van der Waals surface area (Å²) in [5, 5.41) is 2.98. The maximum absolute atomic E-state index is 12.2. The molecule has 3 aromatic rings. The van der Waals surface area contributed by atoms with Crippen LogP contribution in [-0.2, 0) is 6.54 Å². The van der Waals surface area contributed by atoms with Crippen LogP contribution in [0, 0.1) is 0 Å². The highest BCUT2D eigenvalue weighted by atomic mass is 127. The third-order valence-electron chi connectivity index (χ3n) is 3.20. The number of rotatable bonds is 4. The van der Waals surface area contributed by atoms with Crippen molar-refractivity contribution in [1.29, 1.82) is 0 Å². The second kappa shape index (κ2) is 7.00. The van der Waals surface area contributed by atoms with Crippen LogP contribution < -0.4 is 33.3 Å². The van der Waals surface area contributed by atoms with Crippen molar-refractivity contribution in [3.05, 3.63) is 58.9 Å². The van der Waals surface area contributed by atoms with E-state index in [1.54, 1.807) is 7.11 Å². The topological polar surface area (TPSA) is 30.2 Å². The van der Waals surface area contributed by atoms with E-state index in [1.807, 2.05) is 58.6 Å². The zero-order valence-electron chi connectivity index (χ0n) is 11.5. The predicted octanol–water partition coefficient (Wildman–Crippen LogP) is 0.0843. The Morgan fingerprint density at radius 3 is 2.81 bits per heavy atom. The van der Waals surface area contributed by atoms with Crippen LogP contribution in [0.4, 0.5) is 0 Å². The fourth-order valence-electron chi connectivity index (χ4n) is 2.19.